The summed E-state index contributed by atoms with van der Waals surface area (Å²) in [5.41, 5.74) is 6.48. The van der Waals surface area contributed by atoms with Crippen LogP contribution in [-0.4, -0.2) is 56.2 Å². The second-order valence-corrected chi connectivity index (χ2v) is 7.08. The van der Waals surface area contributed by atoms with Crippen LogP contribution in [-0.2, 0) is 9.53 Å². The minimum Gasteiger partial charge on any atom is -0.496 e. The number of nitrogens with zero attached hydrogens (tertiary/aromatic N) is 1. The molecule has 7 nitrogen and oxygen atoms in total. The van der Waals surface area contributed by atoms with E-state index in [1.165, 1.54) is 13.2 Å². The molecule has 1 fully saturated rings. The zero-order chi connectivity index (χ0) is 19.8. The number of piperidine rings is 1. The van der Waals surface area contributed by atoms with Gasteiger partial charge in [-0.3, -0.25) is 14.5 Å². The average Bonchev–Trinajstić information content (AvgIpc) is 2.65. The number of hydrogen-bond donors (Lipinski definition) is 2. The van der Waals surface area contributed by atoms with Crippen LogP contribution >= 0.6 is 24.0 Å². The van der Waals surface area contributed by atoms with Crippen LogP contribution in [0.5, 0.6) is 5.75 Å². The molecule has 1 saturated heterocycles. The molecule has 1 aromatic rings. The van der Waals surface area contributed by atoms with Gasteiger partial charge in [0.1, 0.15) is 5.75 Å². The molecule has 158 valence electrons. The Morgan fingerprint density at radius 1 is 1.32 bits per heavy atom. The van der Waals surface area contributed by atoms with Crippen LogP contribution in [0.15, 0.2) is 12.1 Å². The summed E-state index contributed by atoms with van der Waals surface area (Å²) >= 11 is 6.03. The lowest BCUT2D eigenvalue weighted by Gasteiger charge is -2.31. The number of likely N-dealkylation sites (tertiary alicyclic amines) is 1. The lowest BCUT2D eigenvalue weighted by Crippen LogP contribution is -2.46. The van der Waals surface area contributed by atoms with Gasteiger partial charge in [0.2, 0.25) is 0 Å². The van der Waals surface area contributed by atoms with Crippen LogP contribution in [0.1, 0.15) is 43.0 Å². The summed E-state index contributed by atoms with van der Waals surface area (Å²) in [7, 11) is 1.48. The Bertz CT molecular complexity index is 665. The molecule has 1 amide bonds. The minimum atomic E-state index is -0.244. The van der Waals surface area contributed by atoms with Gasteiger partial charge in [-0.05, 0) is 25.3 Å². The first-order valence-electron chi connectivity index (χ1n) is 9.26. The van der Waals surface area contributed by atoms with Crippen LogP contribution in [0, 0.1) is 0 Å². The summed E-state index contributed by atoms with van der Waals surface area (Å²) in [6.07, 6.45) is 3.42. The molecule has 0 spiro atoms. The Morgan fingerprint density at radius 2 is 2.00 bits per heavy atom. The molecular formula is C19H29Cl2N3O4. The zero-order valence-electron chi connectivity index (χ0n) is 16.3. The van der Waals surface area contributed by atoms with Crippen molar-refractivity contribution >= 4 is 41.6 Å². The summed E-state index contributed by atoms with van der Waals surface area (Å²) < 4.78 is 10.4. The number of nitrogens with one attached hydrogen (secondary N) is 1. The van der Waals surface area contributed by atoms with Crippen molar-refractivity contribution in [2.45, 2.75) is 38.6 Å². The van der Waals surface area contributed by atoms with E-state index in [9.17, 15) is 9.59 Å². The van der Waals surface area contributed by atoms with Gasteiger partial charge in [0.15, 0.2) is 0 Å². The molecule has 9 heteroatoms. The molecule has 1 heterocycles. The number of hydrogen-bond acceptors (Lipinski definition) is 6. The van der Waals surface area contributed by atoms with E-state index in [1.807, 2.05) is 0 Å². The molecular weight excluding hydrogens is 405 g/mol. The fraction of sp³-hybridized carbons (Fsp3) is 0.579. The van der Waals surface area contributed by atoms with Gasteiger partial charge < -0.3 is 20.5 Å². The smallest absolute Gasteiger partial charge is 0.320 e. The van der Waals surface area contributed by atoms with Crippen LogP contribution in [0.4, 0.5) is 5.69 Å². The standard InChI is InChI=1S/C19H28ClN3O4.ClH/c1-3-4-9-27-18(24)12-23-7-5-13(6-8-23)22-19(25)14-10-15(20)16(21)11-17(14)26-2;/h10-11,13H,3-9,12,21H2,1-2H3,(H,22,25);1H. The minimum absolute atomic E-state index is 0. The predicted octanol–water partition coefficient (Wildman–Crippen LogP) is 2.89. The van der Waals surface area contributed by atoms with Crippen molar-refractivity contribution in [3.63, 3.8) is 0 Å². The number of esters is 1. The lowest BCUT2D eigenvalue weighted by atomic mass is 10.0. The maximum Gasteiger partial charge on any atom is 0.320 e. The van der Waals surface area contributed by atoms with Gasteiger partial charge in [-0.25, -0.2) is 0 Å². The Labute approximate surface area is 177 Å². The monoisotopic (exact) mass is 433 g/mol. The van der Waals surface area contributed by atoms with E-state index in [0.717, 1.165) is 38.8 Å². The van der Waals surface area contributed by atoms with Crippen LogP contribution in [0.25, 0.3) is 0 Å². The molecule has 0 atom stereocenters. The number of nitrogen functional groups attached to an aromatic ring is 1. The molecule has 28 heavy (non-hydrogen) atoms. The third-order valence-electron chi connectivity index (χ3n) is 4.60. The molecule has 1 aromatic carbocycles. The number of unbranched alkanes of at least 4 members (excludes halogenated alkanes) is 1. The quantitative estimate of drug-likeness (QED) is 0.371. The molecule has 0 aromatic heterocycles. The highest BCUT2D eigenvalue weighted by molar-refractivity contribution is 6.33. The average molecular weight is 434 g/mol. The Hall–Kier alpha value is -1.70. The summed E-state index contributed by atoms with van der Waals surface area (Å²) in [6, 6.07) is 3.10. The van der Waals surface area contributed by atoms with Gasteiger partial charge in [0.05, 0.1) is 36.5 Å². The first-order chi connectivity index (χ1) is 12.9. The molecule has 1 aliphatic rings. The molecule has 0 radical (unpaired) electrons. The Morgan fingerprint density at radius 3 is 2.61 bits per heavy atom. The third kappa shape index (κ3) is 7.04. The van der Waals surface area contributed by atoms with Gasteiger partial charge in [-0.2, -0.15) is 0 Å². The lowest BCUT2D eigenvalue weighted by molar-refractivity contribution is -0.145. The largest absolute Gasteiger partial charge is 0.496 e. The number of rotatable bonds is 8. The van der Waals surface area contributed by atoms with Gasteiger partial charge in [0.25, 0.3) is 5.91 Å². The van der Waals surface area contributed by atoms with E-state index >= 15 is 0 Å². The van der Waals surface area contributed by atoms with E-state index in [0.29, 0.717) is 35.2 Å². The first-order valence-corrected chi connectivity index (χ1v) is 9.64. The van der Waals surface area contributed by atoms with Crippen molar-refractivity contribution in [1.29, 1.82) is 0 Å². The van der Waals surface area contributed by atoms with Crippen molar-refractivity contribution in [1.82, 2.24) is 10.2 Å². The normalized spacial score (nSPS) is 14.8. The number of halogens is 2. The van der Waals surface area contributed by atoms with Crippen molar-refractivity contribution < 1.29 is 19.1 Å². The summed E-state index contributed by atoms with van der Waals surface area (Å²) in [5.74, 6) is -0.0416. The second kappa shape index (κ2) is 12.0. The van der Waals surface area contributed by atoms with Crippen molar-refractivity contribution in [3.8, 4) is 5.75 Å². The van der Waals surface area contributed by atoms with Gasteiger partial charge in [-0.15, -0.1) is 12.4 Å². The third-order valence-corrected chi connectivity index (χ3v) is 4.93. The van der Waals surface area contributed by atoms with Crippen molar-refractivity contribution in [3.05, 3.63) is 22.7 Å². The van der Waals surface area contributed by atoms with Crippen LogP contribution in [0.2, 0.25) is 5.02 Å². The van der Waals surface area contributed by atoms with Crippen molar-refractivity contribution in [2.24, 2.45) is 0 Å². The van der Waals surface area contributed by atoms with Crippen LogP contribution < -0.4 is 15.8 Å². The number of ether oxygens (including phenoxy) is 2. The highest BCUT2D eigenvalue weighted by Gasteiger charge is 2.24. The number of carbonyl (C=O) groups excluding carboxylic acids is 2. The predicted molar refractivity (Wildman–Crippen MR) is 112 cm³/mol. The fourth-order valence-corrected chi connectivity index (χ4v) is 3.14. The highest BCUT2D eigenvalue weighted by Crippen LogP contribution is 2.29. The Kier molecular flexibility index (Phi) is 10.4. The maximum absolute atomic E-state index is 12.6. The summed E-state index contributed by atoms with van der Waals surface area (Å²) in [5, 5.41) is 3.33. The molecule has 1 aliphatic heterocycles. The molecule has 0 saturated carbocycles. The topological polar surface area (TPSA) is 93.9 Å². The number of carbonyl (C=O) groups is 2. The van der Waals surface area contributed by atoms with Crippen LogP contribution in [0.3, 0.4) is 0 Å². The highest BCUT2D eigenvalue weighted by atomic mass is 35.5. The molecule has 3 N–H and O–H groups in total. The summed E-state index contributed by atoms with van der Waals surface area (Å²) in [6.45, 7) is 4.29. The second-order valence-electron chi connectivity index (χ2n) is 6.67. The number of benzene rings is 1. The van der Waals surface area contributed by atoms with E-state index in [2.05, 4.69) is 17.1 Å². The van der Waals surface area contributed by atoms with Crippen molar-refractivity contribution in [2.75, 3.05) is 39.1 Å². The number of anilines is 1. The number of nitrogens with two attached hydrogens (primary N) is 1. The maximum atomic E-state index is 12.6. The van der Waals surface area contributed by atoms with E-state index in [-0.39, 0.29) is 30.3 Å². The summed E-state index contributed by atoms with van der Waals surface area (Å²) in [4.78, 5) is 26.4. The van der Waals surface area contributed by atoms with E-state index in [4.69, 9.17) is 26.8 Å². The number of methoxy groups -OCH3 is 1. The fourth-order valence-electron chi connectivity index (χ4n) is 2.97. The molecule has 0 aliphatic carbocycles. The number of amides is 1. The molecule has 0 bridgehead atoms. The molecule has 2 rings (SSSR count). The van der Waals surface area contributed by atoms with Gasteiger partial charge in [-0.1, -0.05) is 24.9 Å². The Balaban J connectivity index is 0.00000392. The van der Waals surface area contributed by atoms with Gasteiger partial charge >= 0.3 is 5.97 Å². The zero-order valence-corrected chi connectivity index (χ0v) is 17.9. The first kappa shape index (κ1) is 24.3. The molecule has 0 unspecified atom stereocenters. The van der Waals surface area contributed by atoms with E-state index in [1.54, 1.807) is 6.07 Å². The SMILES string of the molecule is CCCCOC(=O)CN1CCC(NC(=O)c2cc(Cl)c(N)cc2OC)CC1.Cl. The van der Waals surface area contributed by atoms with Gasteiger partial charge in [0, 0.05) is 25.2 Å². The van der Waals surface area contributed by atoms with E-state index < -0.39 is 0 Å².